The number of alkyl halides is 3. The van der Waals surface area contributed by atoms with Crippen LogP contribution in [0.3, 0.4) is 0 Å². The van der Waals surface area contributed by atoms with Gasteiger partial charge in [-0.3, -0.25) is 9.59 Å². The summed E-state index contributed by atoms with van der Waals surface area (Å²) in [7, 11) is 0. The highest BCUT2D eigenvalue weighted by Crippen LogP contribution is 2.31. The van der Waals surface area contributed by atoms with Gasteiger partial charge in [-0.25, -0.2) is 14.6 Å². The van der Waals surface area contributed by atoms with Gasteiger partial charge in [0.1, 0.15) is 6.33 Å². The molecule has 33 heavy (non-hydrogen) atoms. The van der Waals surface area contributed by atoms with Crippen LogP contribution in [0.1, 0.15) is 40.2 Å². The Morgan fingerprint density at radius 1 is 1.15 bits per heavy atom. The molecular formula is C22H21F3N6O2. The Balaban J connectivity index is 1.33. The zero-order valence-electron chi connectivity index (χ0n) is 17.5. The highest BCUT2D eigenvalue weighted by Gasteiger charge is 2.39. The van der Waals surface area contributed by atoms with Crippen molar-refractivity contribution in [3.8, 4) is 5.69 Å². The molecule has 0 saturated carbocycles. The Morgan fingerprint density at radius 2 is 1.94 bits per heavy atom. The van der Waals surface area contributed by atoms with Crippen molar-refractivity contribution in [1.82, 2.24) is 30.0 Å². The molecule has 0 atom stereocenters. The number of nitrogens with one attached hydrogen (secondary N) is 1. The molecule has 0 fully saturated rings. The van der Waals surface area contributed by atoms with Gasteiger partial charge in [0, 0.05) is 50.4 Å². The molecule has 1 aliphatic heterocycles. The second-order valence-electron chi connectivity index (χ2n) is 7.59. The minimum atomic E-state index is -4.78. The lowest BCUT2D eigenvalue weighted by Crippen LogP contribution is -2.36. The summed E-state index contributed by atoms with van der Waals surface area (Å²) in [6.07, 6.45) is 0.559. The first-order valence-electron chi connectivity index (χ1n) is 10.4. The average Bonchev–Trinajstić information content (AvgIpc) is 3.28. The van der Waals surface area contributed by atoms with E-state index in [1.54, 1.807) is 41.4 Å². The molecule has 3 heterocycles. The minimum Gasteiger partial charge on any atom is -0.352 e. The molecule has 0 bridgehead atoms. The molecule has 8 nitrogen and oxygen atoms in total. The summed E-state index contributed by atoms with van der Waals surface area (Å²) >= 11 is 0. The van der Waals surface area contributed by atoms with Gasteiger partial charge in [0.15, 0.2) is 5.69 Å². The summed E-state index contributed by atoms with van der Waals surface area (Å²) in [5.74, 6) is -0.979. The van der Waals surface area contributed by atoms with Crippen LogP contribution >= 0.6 is 0 Å². The molecule has 0 unspecified atom stereocenters. The maximum absolute atomic E-state index is 13.4. The zero-order chi connectivity index (χ0) is 23.4. The SMILES string of the molecule is O=C(NCCCC(=O)N1CCc2ncncc2C1)c1cn(-c2ccccc2)nc1C(F)(F)F. The van der Waals surface area contributed by atoms with Crippen LogP contribution in [0.5, 0.6) is 0 Å². The second kappa shape index (κ2) is 9.39. The predicted molar refractivity (Wildman–Crippen MR) is 111 cm³/mol. The maximum atomic E-state index is 13.4. The number of hydrogen-bond donors (Lipinski definition) is 1. The first-order chi connectivity index (χ1) is 15.8. The second-order valence-corrected chi connectivity index (χ2v) is 7.59. The van der Waals surface area contributed by atoms with Crippen molar-refractivity contribution in [2.75, 3.05) is 13.1 Å². The number of hydrogen-bond acceptors (Lipinski definition) is 5. The van der Waals surface area contributed by atoms with Crippen LogP contribution in [0, 0.1) is 0 Å². The molecule has 3 aromatic rings. The van der Waals surface area contributed by atoms with Crippen LogP contribution in [0.2, 0.25) is 0 Å². The molecule has 0 saturated heterocycles. The third-order valence-corrected chi connectivity index (χ3v) is 5.31. The molecule has 0 spiro atoms. The number of amides is 2. The van der Waals surface area contributed by atoms with E-state index >= 15 is 0 Å². The first-order valence-corrected chi connectivity index (χ1v) is 10.4. The fourth-order valence-corrected chi connectivity index (χ4v) is 3.64. The number of halogens is 3. The van der Waals surface area contributed by atoms with E-state index in [0.29, 0.717) is 31.6 Å². The van der Waals surface area contributed by atoms with Gasteiger partial charge >= 0.3 is 6.18 Å². The van der Waals surface area contributed by atoms with Crippen LogP contribution in [0.15, 0.2) is 49.1 Å². The van der Waals surface area contributed by atoms with Crippen molar-refractivity contribution >= 4 is 11.8 Å². The van der Waals surface area contributed by atoms with E-state index in [1.165, 1.54) is 6.33 Å². The topological polar surface area (TPSA) is 93.0 Å². The molecular weight excluding hydrogens is 437 g/mol. The Hall–Kier alpha value is -3.76. The van der Waals surface area contributed by atoms with Gasteiger partial charge in [0.2, 0.25) is 5.91 Å². The van der Waals surface area contributed by atoms with E-state index in [4.69, 9.17) is 0 Å². The molecule has 2 amide bonds. The van der Waals surface area contributed by atoms with E-state index in [9.17, 15) is 22.8 Å². The summed E-state index contributed by atoms with van der Waals surface area (Å²) in [4.78, 5) is 34.8. The van der Waals surface area contributed by atoms with E-state index in [2.05, 4.69) is 20.4 Å². The van der Waals surface area contributed by atoms with Crippen LogP contribution in [-0.4, -0.2) is 49.6 Å². The lowest BCUT2D eigenvalue weighted by Gasteiger charge is -2.27. The smallest absolute Gasteiger partial charge is 0.352 e. The molecule has 0 radical (unpaired) electrons. The Bertz CT molecular complexity index is 1150. The van der Waals surface area contributed by atoms with E-state index in [1.807, 2.05) is 0 Å². The lowest BCUT2D eigenvalue weighted by atomic mass is 10.1. The number of carbonyl (C=O) groups is 2. The van der Waals surface area contributed by atoms with Gasteiger partial charge in [0.25, 0.3) is 5.91 Å². The molecule has 1 aliphatic rings. The molecule has 1 aromatic carbocycles. The standard InChI is InChI=1S/C22H21F3N6O2/c23-22(24,25)20-17(13-31(29-20)16-5-2-1-3-6-16)21(33)27-9-4-7-19(32)30-10-8-18-15(12-30)11-26-14-28-18/h1-3,5-6,11,13-14H,4,7-10,12H2,(H,27,33). The Morgan fingerprint density at radius 3 is 2.70 bits per heavy atom. The summed E-state index contributed by atoms with van der Waals surface area (Å²) in [5, 5.41) is 6.04. The quantitative estimate of drug-likeness (QED) is 0.574. The summed E-state index contributed by atoms with van der Waals surface area (Å²) in [6, 6.07) is 8.23. The van der Waals surface area contributed by atoms with Crippen molar-refractivity contribution < 1.29 is 22.8 Å². The van der Waals surface area contributed by atoms with Gasteiger partial charge in [-0.2, -0.15) is 18.3 Å². The number of benzene rings is 1. The molecule has 1 N–H and O–H groups in total. The summed E-state index contributed by atoms with van der Waals surface area (Å²) < 4.78 is 41.3. The first kappa shape index (κ1) is 22.4. The molecule has 2 aromatic heterocycles. The Labute approximate surface area is 187 Å². The lowest BCUT2D eigenvalue weighted by molar-refractivity contribution is -0.141. The zero-order valence-corrected chi connectivity index (χ0v) is 17.5. The number of fused-ring (bicyclic) bond motifs is 1. The number of aromatic nitrogens is 4. The normalized spacial score (nSPS) is 13.5. The third-order valence-electron chi connectivity index (χ3n) is 5.31. The van der Waals surface area contributed by atoms with E-state index < -0.39 is 23.3 Å². The molecule has 0 aliphatic carbocycles. The van der Waals surface area contributed by atoms with Gasteiger partial charge in [-0.15, -0.1) is 0 Å². The van der Waals surface area contributed by atoms with Gasteiger partial charge in [-0.05, 0) is 18.6 Å². The number of para-hydroxylation sites is 1. The highest BCUT2D eigenvalue weighted by atomic mass is 19.4. The molecule has 11 heteroatoms. The average molecular weight is 458 g/mol. The summed E-state index contributed by atoms with van der Waals surface area (Å²) in [6.45, 7) is 1.03. The highest BCUT2D eigenvalue weighted by molar-refractivity contribution is 5.95. The number of nitrogens with zero attached hydrogens (tertiary/aromatic N) is 5. The fraction of sp³-hybridized carbons (Fsp3) is 0.318. The van der Waals surface area contributed by atoms with Crippen LogP contribution in [0.25, 0.3) is 5.69 Å². The van der Waals surface area contributed by atoms with Gasteiger partial charge in [0.05, 0.1) is 16.9 Å². The van der Waals surface area contributed by atoms with Crippen LogP contribution < -0.4 is 5.32 Å². The predicted octanol–water partition coefficient (Wildman–Crippen LogP) is 2.78. The van der Waals surface area contributed by atoms with E-state index in [0.717, 1.165) is 22.1 Å². The van der Waals surface area contributed by atoms with Crippen molar-refractivity contribution in [3.05, 3.63) is 71.6 Å². The van der Waals surface area contributed by atoms with Gasteiger partial charge < -0.3 is 10.2 Å². The van der Waals surface area contributed by atoms with Crippen LogP contribution in [0.4, 0.5) is 13.2 Å². The molecule has 4 rings (SSSR count). The van der Waals surface area contributed by atoms with E-state index in [-0.39, 0.29) is 18.9 Å². The van der Waals surface area contributed by atoms with Crippen molar-refractivity contribution in [3.63, 3.8) is 0 Å². The third kappa shape index (κ3) is 5.18. The van der Waals surface area contributed by atoms with Crippen molar-refractivity contribution in [1.29, 1.82) is 0 Å². The fourth-order valence-electron chi connectivity index (χ4n) is 3.64. The maximum Gasteiger partial charge on any atom is 0.435 e. The van der Waals surface area contributed by atoms with Crippen molar-refractivity contribution in [2.24, 2.45) is 0 Å². The largest absolute Gasteiger partial charge is 0.435 e. The number of rotatable bonds is 6. The van der Waals surface area contributed by atoms with Gasteiger partial charge in [-0.1, -0.05) is 18.2 Å². The van der Waals surface area contributed by atoms with Crippen LogP contribution in [-0.2, 0) is 23.9 Å². The number of carbonyl (C=O) groups excluding carboxylic acids is 2. The molecule has 172 valence electrons. The Kier molecular flexibility index (Phi) is 6.38. The summed E-state index contributed by atoms with van der Waals surface area (Å²) in [5.41, 5.74) is 0.416. The minimum absolute atomic E-state index is 0.0614. The van der Waals surface area contributed by atoms with Crippen molar-refractivity contribution in [2.45, 2.75) is 32.0 Å². The monoisotopic (exact) mass is 458 g/mol.